The number of hydrogen-bond acceptors (Lipinski definition) is 6. The normalized spacial score (nSPS) is 11.7. The summed E-state index contributed by atoms with van der Waals surface area (Å²) in [6.45, 7) is 0.879. The molecule has 9 heteroatoms. The number of fused-ring (bicyclic) bond motifs is 1. The van der Waals surface area contributed by atoms with Gasteiger partial charge in [-0.1, -0.05) is 29.8 Å². The monoisotopic (exact) mass is 415 g/mol. The predicted molar refractivity (Wildman–Crippen MR) is 105 cm³/mol. The molecule has 1 atom stereocenters. The van der Waals surface area contributed by atoms with Crippen LogP contribution in [0.25, 0.3) is 11.0 Å². The molecular weight excluding hydrogens is 398 g/mol. The first-order valence-corrected chi connectivity index (χ1v) is 9.13. The number of carbonyl (C=O) groups is 3. The SMILES string of the molecule is C[C@@H](NC(=O)COC(=O)CNC(=O)c1cc(Cl)ccn1)c1cc2ccccc2o1. The minimum absolute atomic E-state index is 0.0719. The maximum atomic E-state index is 12.0. The second-order valence-electron chi connectivity index (χ2n) is 6.18. The number of hydrogen-bond donors (Lipinski definition) is 2. The largest absolute Gasteiger partial charge is 0.459 e. The Hall–Kier alpha value is -3.39. The van der Waals surface area contributed by atoms with Crippen LogP contribution < -0.4 is 10.6 Å². The molecule has 3 aromatic rings. The highest BCUT2D eigenvalue weighted by Gasteiger charge is 2.16. The van der Waals surface area contributed by atoms with Crippen molar-refractivity contribution in [3.8, 4) is 0 Å². The van der Waals surface area contributed by atoms with Crippen molar-refractivity contribution in [1.82, 2.24) is 15.6 Å². The minimum atomic E-state index is -0.757. The molecule has 2 heterocycles. The fraction of sp³-hybridized carbons (Fsp3) is 0.200. The van der Waals surface area contributed by atoms with E-state index in [9.17, 15) is 14.4 Å². The molecule has 0 bridgehead atoms. The van der Waals surface area contributed by atoms with E-state index in [0.29, 0.717) is 10.8 Å². The number of carbonyl (C=O) groups excluding carboxylic acids is 3. The van der Waals surface area contributed by atoms with Crippen LogP contribution in [0.4, 0.5) is 0 Å². The lowest BCUT2D eigenvalue weighted by atomic mass is 10.2. The van der Waals surface area contributed by atoms with Gasteiger partial charge in [0.25, 0.3) is 11.8 Å². The summed E-state index contributed by atoms with van der Waals surface area (Å²) in [5.74, 6) is -1.24. The van der Waals surface area contributed by atoms with Gasteiger partial charge in [-0.2, -0.15) is 0 Å². The Morgan fingerprint density at radius 3 is 2.76 bits per heavy atom. The Morgan fingerprint density at radius 2 is 2.00 bits per heavy atom. The molecule has 8 nitrogen and oxygen atoms in total. The van der Waals surface area contributed by atoms with E-state index in [1.54, 1.807) is 6.92 Å². The van der Waals surface area contributed by atoms with Crippen molar-refractivity contribution in [3.05, 3.63) is 65.1 Å². The smallest absolute Gasteiger partial charge is 0.325 e. The number of ether oxygens (including phenoxy) is 1. The van der Waals surface area contributed by atoms with Crippen LogP contribution in [0.5, 0.6) is 0 Å². The van der Waals surface area contributed by atoms with Crippen LogP contribution in [0, 0.1) is 0 Å². The zero-order valence-electron chi connectivity index (χ0n) is 15.5. The van der Waals surface area contributed by atoms with Crippen molar-refractivity contribution in [3.63, 3.8) is 0 Å². The van der Waals surface area contributed by atoms with Crippen LogP contribution in [-0.2, 0) is 14.3 Å². The van der Waals surface area contributed by atoms with Crippen molar-refractivity contribution in [1.29, 1.82) is 0 Å². The van der Waals surface area contributed by atoms with E-state index in [-0.39, 0.29) is 5.69 Å². The molecule has 0 aliphatic rings. The molecular formula is C20H18ClN3O5. The van der Waals surface area contributed by atoms with Crippen molar-refractivity contribution < 1.29 is 23.5 Å². The van der Waals surface area contributed by atoms with Gasteiger partial charge in [0.05, 0.1) is 6.04 Å². The van der Waals surface area contributed by atoms with Gasteiger partial charge in [0.1, 0.15) is 23.6 Å². The molecule has 0 saturated carbocycles. The molecule has 0 aliphatic carbocycles. The molecule has 0 radical (unpaired) electrons. The molecule has 2 N–H and O–H groups in total. The fourth-order valence-corrected chi connectivity index (χ4v) is 2.70. The summed E-state index contributed by atoms with van der Waals surface area (Å²) >= 11 is 5.78. The molecule has 150 valence electrons. The third-order valence-electron chi connectivity index (χ3n) is 3.96. The minimum Gasteiger partial charge on any atom is -0.459 e. The van der Waals surface area contributed by atoms with Crippen LogP contribution in [0.3, 0.4) is 0 Å². The zero-order valence-corrected chi connectivity index (χ0v) is 16.2. The third kappa shape index (κ3) is 5.55. The number of nitrogens with zero attached hydrogens (tertiary/aromatic N) is 1. The molecule has 0 aliphatic heterocycles. The second kappa shape index (κ2) is 9.20. The molecule has 29 heavy (non-hydrogen) atoms. The van der Waals surface area contributed by atoms with E-state index in [1.165, 1.54) is 18.3 Å². The highest BCUT2D eigenvalue weighted by Crippen LogP contribution is 2.23. The lowest BCUT2D eigenvalue weighted by Crippen LogP contribution is -2.35. The van der Waals surface area contributed by atoms with Gasteiger partial charge in [0.15, 0.2) is 6.61 Å². The van der Waals surface area contributed by atoms with Crippen molar-refractivity contribution >= 4 is 40.4 Å². The molecule has 0 saturated heterocycles. The Kier molecular flexibility index (Phi) is 6.46. The molecule has 3 rings (SSSR count). The number of benzene rings is 1. The molecule has 0 spiro atoms. The van der Waals surface area contributed by atoms with Gasteiger partial charge in [-0.25, -0.2) is 0 Å². The number of amides is 2. The number of pyridine rings is 1. The third-order valence-corrected chi connectivity index (χ3v) is 4.20. The summed E-state index contributed by atoms with van der Waals surface area (Å²) in [5.41, 5.74) is 0.794. The maximum absolute atomic E-state index is 12.0. The van der Waals surface area contributed by atoms with E-state index in [1.807, 2.05) is 30.3 Å². The number of aromatic nitrogens is 1. The lowest BCUT2D eigenvalue weighted by molar-refractivity contribution is -0.147. The highest BCUT2D eigenvalue weighted by atomic mass is 35.5. The van der Waals surface area contributed by atoms with Crippen molar-refractivity contribution in [2.75, 3.05) is 13.2 Å². The first-order valence-electron chi connectivity index (χ1n) is 8.75. The van der Waals surface area contributed by atoms with Crippen molar-refractivity contribution in [2.45, 2.75) is 13.0 Å². The number of nitrogens with one attached hydrogen (secondary N) is 2. The standard InChI is InChI=1S/C20H18ClN3O5/c1-12(17-8-13-4-2-3-5-16(13)29-17)24-18(25)11-28-19(26)10-23-20(27)15-9-14(21)6-7-22-15/h2-9,12H,10-11H2,1H3,(H,23,27)(H,24,25)/t12-/m1/s1. The van der Waals surface area contributed by atoms with Crippen LogP contribution >= 0.6 is 11.6 Å². The molecule has 2 aromatic heterocycles. The van der Waals surface area contributed by atoms with Crippen LogP contribution in [-0.4, -0.2) is 35.9 Å². The van der Waals surface area contributed by atoms with E-state index in [4.69, 9.17) is 20.8 Å². The van der Waals surface area contributed by atoms with E-state index in [0.717, 1.165) is 11.0 Å². The summed E-state index contributed by atoms with van der Waals surface area (Å²) in [6, 6.07) is 11.8. The van der Waals surface area contributed by atoms with E-state index >= 15 is 0 Å². The fourth-order valence-electron chi connectivity index (χ4n) is 2.54. The molecule has 0 unspecified atom stereocenters. The topological polar surface area (TPSA) is 111 Å². The van der Waals surface area contributed by atoms with E-state index in [2.05, 4.69) is 15.6 Å². The molecule has 0 fully saturated rings. The maximum Gasteiger partial charge on any atom is 0.325 e. The number of halogens is 1. The van der Waals surface area contributed by atoms with Crippen LogP contribution in [0.15, 0.2) is 53.1 Å². The first-order chi connectivity index (χ1) is 13.9. The quantitative estimate of drug-likeness (QED) is 0.574. The number of furan rings is 1. The molecule has 2 amide bonds. The van der Waals surface area contributed by atoms with Gasteiger partial charge in [0.2, 0.25) is 0 Å². The van der Waals surface area contributed by atoms with Gasteiger partial charge in [-0.05, 0) is 31.2 Å². The van der Waals surface area contributed by atoms with Gasteiger partial charge in [-0.15, -0.1) is 0 Å². The van der Waals surface area contributed by atoms with Gasteiger partial charge in [-0.3, -0.25) is 19.4 Å². The Bertz CT molecular complexity index is 1020. The predicted octanol–water partition coefficient (Wildman–Crippen LogP) is 2.63. The van der Waals surface area contributed by atoms with E-state index < -0.39 is 37.0 Å². The van der Waals surface area contributed by atoms with Gasteiger partial charge in [0, 0.05) is 16.6 Å². The van der Waals surface area contributed by atoms with Crippen LogP contribution in [0.2, 0.25) is 5.02 Å². The van der Waals surface area contributed by atoms with Crippen LogP contribution in [0.1, 0.15) is 29.2 Å². The summed E-state index contributed by atoms with van der Waals surface area (Å²) in [4.78, 5) is 39.5. The molecule has 1 aromatic carbocycles. The number of para-hydroxylation sites is 1. The average molecular weight is 416 g/mol. The summed E-state index contributed by atoms with van der Waals surface area (Å²) < 4.78 is 10.6. The first kappa shape index (κ1) is 20.3. The summed E-state index contributed by atoms with van der Waals surface area (Å²) in [5, 5.41) is 6.32. The zero-order chi connectivity index (χ0) is 20.8. The van der Waals surface area contributed by atoms with Gasteiger partial charge < -0.3 is 19.8 Å². The Morgan fingerprint density at radius 1 is 1.21 bits per heavy atom. The Balaban J connectivity index is 1.42. The highest BCUT2D eigenvalue weighted by molar-refractivity contribution is 6.30. The summed E-state index contributed by atoms with van der Waals surface area (Å²) in [7, 11) is 0. The number of rotatable bonds is 7. The second-order valence-corrected chi connectivity index (χ2v) is 6.61. The lowest BCUT2D eigenvalue weighted by Gasteiger charge is -2.11. The Labute approximate surface area is 171 Å². The average Bonchev–Trinajstić information content (AvgIpc) is 3.15. The summed E-state index contributed by atoms with van der Waals surface area (Å²) in [6.07, 6.45) is 1.38. The van der Waals surface area contributed by atoms with Crippen molar-refractivity contribution in [2.24, 2.45) is 0 Å². The van der Waals surface area contributed by atoms with Gasteiger partial charge >= 0.3 is 5.97 Å². The number of esters is 1.